The van der Waals surface area contributed by atoms with E-state index in [-0.39, 0.29) is 25.3 Å². The van der Waals surface area contributed by atoms with Crippen LogP contribution in [0.1, 0.15) is 51.4 Å². The standard InChI is InChI=1S/C33H38N6O7S2/c1-45-21-8-11-24-25(15-21)36-26(30-34-13-14-47-30)17-28(24)46-22-16-27-29(40)37-33(31(41)38-48(43,44)23-9-10-23)18-20(33)7-5-3-2-4-6-12-35-32(42)39(27)19-22/h5,7-8,11,13-15,17,20,22-23,27H,2-4,6,9-10,12,16,18-19H2,1H3,(H,35,42)(H,37,40)(H,38,41)/b7-5-/t20-,22-,27+,33-/m1/s1. The summed E-state index contributed by atoms with van der Waals surface area (Å²) < 4.78 is 39.6. The predicted molar refractivity (Wildman–Crippen MR) is 179 cm³/mol. The zero-order valence-corrected chi connectivity index (χ0v) is 28.1. The van der Waals surface area contributed by atoms with Gasteiger partial charge in [0.2, 0.25) is 15.9 Å². The summed E-state index contributed by atoms with van der Waals surface area (Å²) >= 11 is 1.44. The molecule has 48 heavy (non-hydrogen) atoms. The molecule has 2 saturated carbocycles. The summed E-state index contributed by atoms with van der Waals surface area (Å²) in [6.07, 6.45) is 9.81. The number of sulfonamides is 1. The lowest BCUT2D eigenvalue weighted by molar-refractivity contribution is -0.131. The van der Waals surface area contributed by atoms with Crippen LogP contribution in [0, 0.1) is 5.92 Å². The first-order valence-corrected chi connectivity index (χ1v) is 18.7. The van der Waals surface area contributed by atoms with Crippen LogP contribution in [0.15, 0.2) is 48.0 Å². The summed E-state index contributed by atoms with van der Waals surface area (Å²) in [5.74, 6) is -0.477. The molecule has 7 rings (SSSR count). The molecule has 4 amide bonds. The van der Waals surface area contributed by atoms with Crippen molar-refractivity contribution >= 4 is 50.1 Å². The van der Waals surface area contributed by atoms with Gasteiger partial charge in [-0.3, -0.25) is 14.3 Å². The number of amides is 4. The normalized spacial score (nSPS) is 27.0. The summed E-state index contributed by atoms with van der Waals surface area (Å²) in [7, 11) is -2.25. The third-order valence-corrected chi connectivity index (χ3v) is 12.0. The molecule has 15 heteroatoms. The van der Waals surface area contributed by atoms with E-state index in [1.807, 2.05) is 41.8 Å². The quantitative estimate of drug-likeness (QED) is 0.314. The third-order valence-electron chi connectivity index (χ3n) is 9.41. The van der Waals surface area contributed by atoms with Gasteiger partial charge in [-0.1, -0.05) is 18.6 Å². The van der Waals surface area contributed by atoms with Crippen molar-refractivity contribution in [3.8, 4) is 22.2 Å². The van der Waals surface area contributed by atoms with Gasteiger partial charge in [0, 0.05) is 48.0 Å². The fourth-order valence-corrected chi connectivity index (χ4v) is 8.45. The van der Waals surface area contributed by atoms with Crippen molar-refractivity contribution in [2.75, 3.05) is 20.2 Å². The number of carbonyl (C=O) groups is 3. The average molecular weight is 695 g/mol. The second-order valence-corrected chi connectivity index (χ2v) is 15.7. The molecule has 2 aromatic heterocycles. The Kier molecular flexibility index (Phi) is 8.75. The van der Waals surface area contributed by atoms with Crippen LogP contribution in [0.4, 0.5) is 4.79 Å². The Morgan fingerprint density at radius 3 is 2.79 bits per heavy atom. The monoisotopic (exact) mass is 694 g/mol. The Hall–Kier alpha value is -4.24. The zero-order valence-electron chi connectivity index (χ0n) is 26.5. The van der Waals surface area contributed by atoms with Gasteiger partial charge in [-0.2, -0.15) is 0 Å². The number of ether oxygens (including phenoxy) is 2. The number of urea groups is 1. The van der Waals surface area contributed by atoms with Crippen molar-refractivity contribution < 1.29 is 32.3 Å². The maximum absolute atomic E-state index is 14.1. The molecular formula is C33H38N6O7S2. The molecule has 4 aliphatic rings. The van der Waals surface area contributed by atoms with Crippen molar-refractivity contribution in [2.24, 2.45) is 5.92 Å². The molecule has 0 spiro atoms. The molecule has 3 N–H and O–H groups in total. The molecule has 3 fully saturated rings. The van der Waals surface area contributed by atoms with E-state index in [0.29, 0.717) is 47.1 Å². The summed E-state index contributed by atoms with van der Waals surface area (Å²) in [5.41, 5.74) is -0.159. The van der Waals surface area contributed by atoms with Crippen LogP contribution >= 0.6 is 11.3 Å². The smallest absolute Gasteiger partial charge is 0.318 e. The van der Waals surface area contributed by atoms with Crippen LogP contribution in [0.5, 0.6) is 11.5 Å². The number of nitrogens with one attached hydrogen (secondary N) is 3. The average Bonchev–Trinajstić information content (AvgIpc) is 3.93. The number of nitrogens with zero attached hydrogens (tertiary/aromatic N) is 3. The lowest BCUT2D eigenvalue weighted by atomic mass is 10.1. The molecule has 2 aliphatic carbocycles. The molecule has 3 aromatic rings. The topological polar surface area (TPSA) is 169 Å². The number of hydrogen-bond donors (Lipinski definition) is 3. The molecule has 4 heterocycles. The van der Waals surface area contributed by atoms with Crippen molar-refractivity contribution in [1.82, 2.24) is 30.2 Å². The first-order chi connectivity index (χ1) is 23.2. The van der Waals surface area contributed by atoms with E-state index < -0.39 is 50.8 Å². The largest absolute Gasteiger partial charge is 0.497 e. The van der Waals surface area contributed by atoms with Crippen molar-refractivity contribution in [1.29, 1.82) is 0 Å². The maximum atomic E-state index is 14.1. The van der Waals surface area contributed by atoms with E-state index in [0.717, 1.165) is 31.1 Å². The van der Waals surface area contributed by atoms with E-state index in [4.69, 9.17) is 14.5 Å². The van der Waals surface area contributed by atoms with Gasteiger partial charge in [0.15, 0.2) is 0 Å². The molecule has 254 valence electrons. The van der Waals surface area contributed by atoms with Gasteiger partial charge < -0.3 is 25.0 Å². The third kappa shape index (κ3) is 6.57. The molecule has 13 nitrogen and oxygen atoms in total. The Labute approximate surface area is 282 Å². The van der Waals surface area contributed by atoms with Gasteiger partial charge in [-0.05, 0) is 50.7 Å². The second kappa shape index (κ2) is 13.0. The maximum Gasteiger partial charge on any atom is 0.318 e. The highest BCUT2D eigenvalue weighted by Crippen LogP contribution is 2.46. The van der Waals surface area contributed by atoms with Crippen molar-refractivity contribution in [3.63, 3.8) is 0 Å². The Morgan fingerprint density at radius 1 is 1.17 bits per heavy atom. The van der Waals surface area contributed by atoms with Gasteiger partial charge in [0.05, 0.1) is 24.4 Å². The number of hydrogen-bond acceptors (Lipinski definition) is 10. The van der Waals surface area contributed by atoms with Crippen LogP contribution < -0.4 is 24.8 Å². The summed E-state index contributed by atoms with van der Waals surface area (Å²) in [6.45, 7) is 0.579. The Bertz CT molecular complexity index is 1860. The minimum atomic E-state index is -3.83. The van der Waals surface area contributed by atoms with E-state index in [1.54, 1.807) is 13.3 Å². The zero-order chi connectivity index (χ0) is 33.5. The summed E-state index contributed by atoms with van der Waals surface area (Å²) in [4.78, 5) is 51.8. The minimum absolute atomic E-state index is 0.120. The highest BCUT2D eigenvalue weighted by Gasteiger charge is 2.62. The number of thiazole rings is 1. The number of pyridine rings is 1. The van der Waals surface area contributed by atoms with Gasteiger partial charge >= 0.3 is 6.03 Å². The molecule has 0 bridgehead atoms. The molecule has 0 radical (unpaired) electrons. The Balaban J connectivity index is 1.17. The molecule has 1 saturated heterocycles. The minimum Gasteiger partial charge on any atom is -0.497 e. The Morgan fingerprint density at radius 2 is 2.02 bits per heavy atom. The molecule has 0 unspecified atom stereocenters. The number of benzene rings is 1. The number of methoxy groups -OCH3 is 1. The van der Waals surface area contributed by atoms with E-state index in [2.05, 4.69) is 20.3 Å². The molecule has 1 aromatic carbocycles. The van der Waals surface area contributed by atoms with E-state index in [1.165, 1.54) is 16.2 Å². The van der Waals surface area contributed by atoms with Crippen LogP contribution in [0.25, 0.3) is 21.6 Å². The van der Waals surface area contributed by atoms with E-state index in [9.17, 15) is 22.8 Å². The van der Waals surface area contributed by atoms with Crippen molar-refractivity contribution in [3.05, 3.63) is 48.0 Å². The predicted octanol–water partition coefficient (Wildman–Crippen LogP) is 3.51. The first-order valence-electron chi connectivity index (χ1n) is 16.3. The van der Waals surface area contributed by atoms with E-state index >= 15 is 0 Å². The van der Waals surface area contributed by atoms with Crippen LogP contribution in [-0.4, -0.2) is 84.3 Å². The summed E-state index contributed by atoms with van der Waals surface area (Å²) in [5, 5.41) is 8.56. The van der Waals surface area contributed by atoms with Crippen molar-refractivity contribution in [2.45, 2.75) is 74.3 Å². The van der Waals surface area contributed by atoms with Gasteiger partial charge in [0.1, 0.15) is 39.9 Å². The highest BCUT2D eigenvalue weighted by atomic mass is 32.2. The number of carbonyl (C=O) groups excluding carboxylic acids is 3. The van der Waals surface area contributed by atoms with Crippen LogP contribution in [0.2, 0.25) is 0 Å². The summed E-state index contributed by atoms with van der Waals surface area (Å²) in [6, 6.07) is 5.94. The van der Waals surface area contributed by atoms with Gasteiger partial charge in [0.25, 0.3) is 5.91 Å². The first kappa shape index (κ1) is 32.3. The number of fused-ring (bicyclic) bond motifs is 3. The van der Waals surface area contributed by atoms with Crippen LogP contribution in [-0.2, 0) is 19.6 Å². The number of aromatic nitrogens is 2. The fraction of sp³-hybridized carbons (Fsp3) is 0.485. The highest BCUT2D eigenvalue weighted by molar-refractivity contribution is 7.91. The fourth-order valence-electron chi connectivity index (χ4n) is 6.48. The number of allylic oxidation sites excluding steroid dienone is 1. The molecular weight excluding hydrogens is 657 g/mol. The van der Waals surface area contributed by atoms with Crippen LogP contribution in [0.3, 0.4) is 0 Å². The van der Waals surface area contributed by atoms with Gasteiger partial charge in [-0.25, -0.2) is 23.2 Å². The molecule has 4 atom stereocenters. The van der Waals surface area contributed by atoms with Gasteiger partial charge in [-0.15, -0.1) is 11.3 Å². The second-order valence-electron chi connectivity index (χ2n) is 12.8. The lowest BCUT2D eigenvalue weighted by Crippen LogP contribution is -2.57. The SMILES string of the molecule is COc1ccc2c(O[C@@H]3C[C@H]4C(=O)N[C@]5(C(=O)NS(=O)(=O)C6CC6)C[C@H]5/C=C\CCCCCNC(=O)N4C3)cc(-c3nccs3)nc2c1. The molecule has 2 aliphatic heterocycles. The lowest BCUT2D eigenvalue weighted by Gasteiger charge is -2.26. The number of rotatable bonds is 7.